The van der Waals surface area contributed by atoms with Crippen molar-refractivity contribution in [2.45, 2.75) is 73.5 Å². The summed E-state index contributed by atoms with van der Waals surface area (Å²) in [6.07, 6.45) is 0.392. The molecular formula is C19H31NO2. The molecule has 0 radical (unpaired) electrons. The normalized spacial score (nSPS) is 13.6. The predicted molar refractivity (Wildman–Crippen MR) is 92.3 cm³/mol. The number of rotatable bonds is 5. The lowest BCUT2D eigenvalue weighted by molar-refractivity contribution is -0.129. The third kappa shape index (κ3) is 6.08. The van der Waals surface area contributed by atoms with E-state index in [9.17, 15) is 4.79 Å². The molecular weight excluding hydrogens is 274 g/mol. The number of carbonyl (C=O) groups excluding carboxylic acids is 1. The van der Waals surface area contributed by atoms with E-state index in [1.54, 1.807) is 6.92 Å². The van der Waals surface area contributed by atoms with Crippen molar-refractivity contribution in [1.29, 1.82) is 0 Å². The highest BCUT2D eigenvalue weighted by Crippen LogP contribution is 2.27. The fourth-order valence-corrected chi connectivity index (χ4v) is 2.85. The summed E-state index contributed by atoms with van der Waals surface area (Å²) in [6, 6.07) is 5.89. The van der Waals surface area contributed by atoms with Crippen LogP contribution >= 0.6 is 0 Å². The van der Waals surface area contributed by atoms with Crippen LogP contribution in [0.4, 0.5) is 0 Å². The van der Waals surface area contributed by atoms with Gasteiger partial charge >= 0.3 is 0 Å². The van der Waals surface area contributed by atoms with Gasteiger partial charge in [-0.2, -0.15) is 0 Å². The van der Waals surface area contributed by atoms with Crippen LogP contribution < -0.4 is 10.1 Å². The van der Waals surface area contributed by atoms with Crippen molar-refractivity contribution in [2.24, 2.45) is 5.41 Å². The van der Waals surface area contributed by atoms with E-state index in [2.05, 4.69) is 46.9 Å². The monoisotopic (exact) mass is 305 g/mol. The lowest BCUT2D eigenvalue weighted by atomic mass is 9.81. The van der Waals surface area contributed by atoms with E-state index < -0.39 is 6.10 Å². The Morgan fingerprint density at radius 3 is 2.23 bits per heavy atom. The molecule has 0 aliphatic heterocycles. The van der Waals surface area contributed by atoms with Gasteiger partial charge in [0.1, 0.15) is 5.75 Å². The summed E-state index contributed by atoms with van der Waals surface area (Å²) >= 11 is 0. The van der Waals surface area contributed by atoms with Crippen LogP contribution in [0, 0.1) is 19.3 Å². The van der Waals surface area contributed by atoms with E-state index in [4.69, 9.17) is 4.74 Å². The number of amides is 1. The largest absolute Gasteiger partial charge is 0.481 e. The predicted octanol–water partition coefficient (Wildman–Crippen LogP) is 4.40. The lowest BCUT2D eigenvalue weighted by Crippen LogP contribution is -2.50. The summed E-state index contributed by atoms with van der Waals surface area (Å²) in [7, 11) is 0. The standard InChI is InChI=1S/C19H31NO2/c1-13-9-10-16(11-14(13)2)22-15(3)17(21)20-19(7,8)12-18(4,5)6/h9-11,15H,12H2,1-8H3,(H,20,21)/t15-/m1/s1. The number of hydrogen-bond donors (Lipinski definition) is 1. The van der Waals surface area contributed by atoms with E-state index in [1.807, 2.05) is 25.1 Å². The van der Waals surface area contributed by atoms with Gasteiger partial charge in [0.2, 0.25) is 0 Å². The molecule has 1 aromatic rings. The smallest absolute Gasteiger partial charge is 0.261 e. The molecule has 3 heteroatoms. The summed E-state index contributed by atoms with van der Waals surface area (Å²) in [4.78, 5) is 12.4. The van der Waals surface area contributed by atoms with Crippen molar-refractivity contribution < 1.29 is 9.53 Å². The van der Waals surface area contributed by atoms with Crippen molar-refractivity contribution in [2.75, 3.05) is 0 Å². The van der Waals surface area contributed by atoms with Crippen LogP contribution in [-0.4, -0.2) is 17.6 Å². The summed E-state index contributed by atoms with van der Waals surface area (Å²) < 4.78 is 5.78. The van der Waals surface area contributed by atoms with Crippen LogP contribution in [0.5, 0.6) is 5.75 Å². The van der Waals surface area contributed by atoms with Crippen LogP contribution in [0.1, 0.15) is 59.1 Å². The Balaban J connectivity index is 2.67. The van der Waals surface area contributed by atoms with Gasteiger partial charge in [-0.3, -0.25) is 4.79 Å². The van der Waals surface area contributed by atoms with Gasteiger partial charge in [-0.25, -0.2) is 0 Å². The fourth-order valence-electron chi connectivity index (χ4n) is 2.85. The minimum Gasteiger partial charge on any atom is -0.481 e. The summed E-state index contributed by atoms with van der Waals surface area (Å²) in [5.74, 6) is 0.659. The molecule has 1 atom stereocenters. The van der Waals surface area contributed by atoms with Gasteiger partial charge in [0.25, 0.3) is 5.91 Å². The van der Waals surface area contributed by atoms with Crippen LogP contribution in [0.25, 0.3) is 0 Å². The number of ether oxygens (including phenoxy) is 1. The number of nitrogens with one attached hydrogen (secondary N) is 1. The maximum Gasteiger partial charge on any atom is 0.261 e. The molecule has 1 rings (SSSR count). The Morgan fingerprint density at radius 2 is 1.73 bits per heavy atom. The maximum atomic E-state index is 12.4. The zero-order valence-corrected chi connectivity index (χ0v) is 15.3. The zero-order valence-electron chi connectivity index (χ0n) is 15.3. The Bertz CT molecular complexity index is 527. The highest BCUT2D eigenvalue weighted by Gasteiger charge is 2.29. The number of aryl methyl sites for hydroxylation is 2. The van der Waals surface area contributed by atoms with Crippen molar-refractivity contribution in [1.82, 2.24) is 5.32 Å². The lowest BCUT2D eigenvalue weighted by Gasteiger charge is -2.34. The second-order valence-corrected chi connectivity index (χ2v) is 8.12. The topological polar surface area (TPSA) is 38.3 Å². The fraction of sp³-hybridized carbons (Fsp3) is 0.632. The molecule has 0 aliphatic carbocycles. The van der Waals surface area contributed by atoms with Crippen LogP contribution in [0.3, 0.4) is 0 Å². The molecule has 0 unspecified atom stereocenters. The third-order valence-electron chi connectivity index (χ3n) is 3.59. The molecule has 0 heterocycles. The molecule has 0 saturated heterocycles. The minimum atomic E-state index is -0.513. The van der Waals surface area contributed by atoms with Crippen molar-refractivity contribution in [3.63, 3.8) is 0 Å². The molecule has 1 N–H and O–H groups in total. The first-order chi connectivity index (χ1) is 9.89. The number of carbonyl (C=O) groups is 1. The van der Waals surface area contributed by atoms with Gasteiger partial charge in [0.05, 0.1) is 0 Å². The quantitative estimate of drug-likeness (QED) is 0.875. The summed E-state index contributed by atoms with van der Waals surface area (Å²) in [5.41, 5.74) is 2.29. The van der Waals surface area contributed by atoms with Crippen molar-refractivity contribution >= 4 is 5.91 Å². The van der Waals surface area contributed by atoms with Crippen LogP contribution in [-0.2, 0) is 4.79 Å². The molecule has 3 nitrogen and oxygen atoms in total. The van der Waals surface area contributed by atoms with Gasteiger partial charge < -0.3 is 10.1 Å². The molecule has 0 saturated carbocycles. The summed E-state index contributed by atoms with van der Waals surface area (Å²) in [5, 5.41) is 3.09. The van der Waals surface area contributed by atoms with Crippen LogP contribution in [0.2, 0.25) is 0 Å². The first kappa shape index (κ1) is 18.5. The molecule has 0 bridgehead atoms. The first-order valence-electron chi connectivity index (χ1n) is 7.96. The number of benzene rings is 1. The Labute approximate surface area is 135 Å². The highest BCUT2D eigenvalue weighted by molar-refractivity contribution is 5.81. The Morgan fingerprint density at radius 1 is 1.14 bits per heavy atom. The third-order valence-corrected chi connectivity index (χ3v) is 3.59. The number of hydrogen-bond acceptors (Lipinski definition) is 2. The Hall–Kier alpha value is -1.51. The molecule has 124 valence electrons. The van der Waals surface area contributed by atoms with Gasteiger partial charge in [-0.05, 0) is 69.7 Å². The molecule has 22 heavy (non-hydrogen) atoms. The highest BCUT2D eigenvalue weighted by atomic mass is 16.5. The van der Waals surface area contributed by atoms with E-state index in [-0.39, 0.29) is 16.9 Å². The zero-order chi connectivity index (χ0) is 17.1. The molecule has 0 spiro atoms. The molecule has 0 aliphatic rings. The van der Waals surface area contributed by atoms with Gasteiger partial charge in [0.15, 0.2) is 6.10 Å². The average Bonchev–Trinajstić information content (AvgIpc) is 2.30. The maximum absolute atomic E-state index is 12.4. The molecule has 1 aromatic carbocycles. The van der Waals surface area contributed by atoms with Gasteiger partial charge in [-0.15, -0.1) is 0 Å². The van der Waals surface area contributed by atoms with Gasteiger partial charge in [0, 0.05) is 5.54 Å². The average molecular weight is 305 g/mol. The van der Waals surface area contributed by atoms with Gasteiger partial charge in [-0.1, -0.05) is 26.8 Å². The van der Waals surface area contributed by atoms with E-state index in [0.717, 1.165) is 17.7 Å². The first-order valence-corrected chi connectivity index (χ1v) is 7.96. The van der Waals surface area contributed by atoms with Crippen LogP contribution in [0.15, 0.2) is 18.2 Å². The SMILES string of the molecule is Cc1ccc(O[C@H](C)C(=O)NC(C)(C)CC(C)(C)C)cc1C. The van der Waals surface area contributed by atoms with E-state index in [0.29, 0.717) is 0 Å². The molecule has 1 amide bonds. The summed E-state index contributed by atoms with van der Waals surface area (Å²) in [6.45, 7) is 16.5. The second kappa shape index (κ2) is 6.72. The van der Waals surface area contributed by atoms with Crippen molar-refractivity contribution in [3.05, 3.63) is 29.3 Å². The Kier molecular flexibility index (Phi) is 5.66. The molecule has 0 fully saturated rings. The van der Waals surface area contributed by atoms with Crippen molar-refractivity contribution in [3.8, 4) is 5.75 Å². The minimum absolute atomic E-state index is 0.0764. The van der Waals surface area contributed by atoms with E-state index >= 15 is 0 Å². The van der Waals surface area contributed by atoms with E-state index in [1.165, 1.54) is 5.56 Å². The molecule has 0 aromatic heterocycles. The second-order valence-electron chi connectivity index (χ2n) is 8.12.